The van der Waals surface area contributed by atoms with E-state index in [1.54, 1.807) is 7.11 Å². The minimum Gasteiger partial charge on any atom is -0.383 e. The van der Waals surface area contributed by atoms with Gasteiger partial charge in [-0.2, -0.15) is 0 Å². The highest BCUT2D eigenvalue weighted by Crippen LogP contribution is 2.27. The molecule has 19 heavy (non-hydrogen) atoms. The van der Waals surface area contributed by atoms with Gasteiger partial charge in [0.25, 0.3) is 0 Å². The number of imidazole rings is 1. The highest BCUT2D eigenvalue weighted by Gasteiger charge is 2.22. The minimum atomic E-state index is 0.535. The van der Waals surface area contributed by atoms with Gasteiger partial charge in [0.05, 0.1) is 6.61 Å². The van der Waals surface area contributed by atoms with Gasteiger partial charge in [-0.25, -0.2) is 9.97 Å². The van der Waals surface area contributed by atoms with Crippen LogP contribution in [0, 0.1) is 0 Å². The zero-order valence-corrected chi connectivity index (χ0v) is 11.3. The number of fused-ring (bicyclic) bond motifs is 1. The predicted octanol–water partition coefficient (Wildman–Crippen LogP) is 1.54. The van der Waals surface area contributed by atoms with Crippen LogP contribution in [0.25, 0.3) is 11.2 Å². The summed E-state index contributed by atoms with van der Waals surface area (Å²) < 4.78 is 7.45. The summed E-state index contributed by atoms with van der Waals surface area (Å²) in [6.45, 7) is 3.67. The molecule has 0 atom stereocenters. The smallest absolute Gasteiger partial charge is 0.160 e. The SMILES string of the molecule is COCCn1c(C2CCNCC2)nc2cccnc21. The number of pyridine rings is 1. The molecular formula is C14H20N4O. The van der Waals surface area contributed by atoms with Crippen LogP contribution in [0.15, 0.2) is 18.3 Å². The highest BCUT2D eigenvalue weighted by molar-refractivity contribution is 5.71. The fourth-order valence-corrected chi connectivity index (χ4v) is 2.77. The number of nitrogens with zero attached hydrogens (tertiary/aromatic N) is 3. The average molecular weight is 260 g/mol. The maximum Gasteiger partial charge on any atom is 0.160 e. The van der Waals surface area contributed by atoms with Crippen molar-refractivity contribution in [3.63, 3.8) is 0 Å². The molecule has 3 heterocycles. The summed E-state index contributed by atoms with van der Waals surface area (Å²) in [6, 6.07) is 3.98. The number of nitrogens with one attached hydrogen (secondary N) is 1. The van der Waals surface area contributed by atoms with Crippen molar-refractivity contribution in [3.8, 4) is 0 Å². The van der Waals surface area contributed by atoms with Gasteiger partial charge in [-0.05, 0) is 38.1 Å². The third kappa shape index (κ3) is 2.48. The van der Waals surface area contributed by atoms with Crippen LogP contribution in [0.1, 0.15) is 24.6 Å². The number of ether oxygens (including phenoxy) is 1. The third-order valence-electron chi connectivity index (χ3n) is 3.76. The van der Waals surface area contributed by atoms with Gasteiger partial charge in [0.2, 0.25) is 0 Å². The first kappa shape index (κ1) is 12.6. The largest absolute Gasteiger partial charge is 0.383 e. The van der Waals surface area contributed by atoms with E-state index >= 15 is 0 Å². The lowest BCUT2D eigenvalue weighted by molar-refractivity contribution is 0.186. The first-order chi connectivity index (χ1) is 9.40. The number of hydrogen-bond acceptors (Lipinski definition) is 4. The van der Waals surface area contributed by atoms with Gasteiger partial charge < -0.3 is 14.6 Å². The van der Waals surface area contributed by atoms with Crippen molar-refractivity contribution in [2.75, 3.05) is 26.8 Å². The Bertz CT molecular complexity index is 545. The first-order valence-corrected chi connectivity index (χ1v) is 6.91. The Hall–Kier alpha value is -1.46. The Morgan fingerprint density at radius 3 is 3.05 bits per heavy atom. The molecule has 1 N–H and O–H groups in total. The normalized spacial score (nSPS) is 17.1. The van der Waals surface area contributed by atoms with Crippen LogP contribution in [0.3, 0.4) is 0 Å². The molecule has 0 amide bonds. The third-order valence-corrected chi connectivity index (χ3v) is 3.76. The maximum absolute atomic E-state index is 5.22. The van der Waals surface area contributed by atoms with E-state index in [1.807, 2.05) is 18.3 Å². The zero-order chi connectivity index (χ0) is 13.1. The fraction of sp³-hybridized carbons (Fsp3) is 0.571. The summed E-state index contributed by atoms with van der Waals surface area (Å²) in [5.41, 5.74) is 1.97. The summed E-state index contributed by atoms with van der Waals surface area (Å²) in [5, 5.41) is 3.40. The van der Waals surface area contributed by atoms with Crippen molar-refractivity contribution >= 4 is 11.2 Å². The lowest BCUT2D eigenvalue weighted by atomic mass is 9.97. The Morgan fingerprint density at radius 1 is 1.42 bits per heavy atom. The summed E-state index contributed by atoms with van der Waals surface area (Å²) >= 11 is 0. The van der Waals surface area contributed by atoms with Crippen molar-refractivity contribution < 1.29 is 4.74 Å². The molecule has 1 aliphatic heterocycles. The van der Waals surface area contributed by atoms with Crippen LogP contribution >= 0.6 is 0 Å². The predicted molar refractivity (Wildman–Crippen MR) is 74.2 cm³/mol. The summed E-state index contributed by atoms with van der Waals surface area (Å²) in [5.74, 6) is 1.71. The quantitative estimate of drug-likeness (QED) is 0.906. The lowest BCUT2D eigenvalue weighted by Gasteiger charge is -2.23. The van der Waals surface area contributed by atoms with Crippen molar-refractivity contribution in [1.82, 2.24) is 19.9 Å². The Labute approximate surface area is 113 Å². The molecular weight excluding hydrogens is 240 g/mol. The van der Waals surface area contributed by atoms with Crippen molar-refractivity contribution in [2.45, 2.75) is 25.3 Å². The molecule has 2 aromatic heterocycles. The highest BCUT2D eigenvalue weighted by atomic mass is 16.5. The molecule has 0 radical (unpaired) electrons. The molecule has 1 fully saturated rings. The van der Waals surface area contributed by atoms with Crippen LogP contribution in [0.4, 0.5) is 0 Å². The van der Waals surface area contributed by atoms with Crippen LogP contribution < -0.4 is 5.32 Å². The Kier molecular flexibility index (Phi) is 3.75. The number of hydrogen-bond donors (Lipinski definition) is 1. The number of aromatic nitrogens is 3. The zero-order valence-electron chi connectivity index (χ0n) is 11.3. The van der Waals surface area contributed by atoms with Gasteiger partial charge in [0.15, 0.2) is 5.65 Å². The first-order valence-electron chi connectivity index (χ1n) is 6.91. The number of methoxy groups -OCH3 is 1. The summed E-state index contributed by atoms with van der Waals surface area (Å²) in [6.07, 6.45) is 4.13. The van der Waals surface area contributed by atoms with E-state index in [0.717, 1.165) is 43.6 Å². The standard InChI is InChI=1S/C14H20N4O/c1-19-10-9-18-13(11-4-7-15-8-5-11)17-12-3-2-6-16-14(12)18/h2-3,6,11,15H,4-5,7-10H2,1H3. The molecule has 5 nitrogen and oxygen atoms in total. The molecule has 102 valence electrons. The van der Waals surface area contributed by atoms with Crippen LogP contribution in [-0.2, 0) is 11.3 Å². The van der Waals surface area contributed by atoms with Gasteiger partial charge in [-0.15, -0.1) is 0 Å². The fourth-order valence-electron chi connectivity index (χ4n) is 2.77. The topological polar surface area (TPSA) is 52.0 Å². The molecule has 0 saturated carbocycles. The van der Waals surface area contributed by atoms with E-state index < -0.39 is 0 Å². The molecule has 1 aliphatic rings. The monoisotopic (exact) mass is 260 g/mol. The second kappa shape index (κ2) is 5.67. The lowest BCUT2D eigenvalue weighted by Crippen LogP contribution is -2.28. The molecule has 1 saturated heterocycles. The minimum absolute atomic E-state index is 0.535. The molecule has 0 unspecified atom stereocenters. The maximum atomic E-state index is 5.22. The molecule has 3 rings (SSSR count). The van der Waals surface area contributed by atoms with Gasteiger partial charge in [0.1, 0.15) is 11.3 Å². The number of rotatable bonds is 4. The second-order valence-corrected chi connectivity index (χ2v) is 4.98. The van der Waals surface area contributed by atoms with Crippen LogP contribution in [0.2, 0.25) is 0 Å². The van der Waals surface area contributed by atoms with E-state index in [4.69, 9.17) is 9.72 Å². The van der Waals surface area contributed by atoms with E-state index in [0.29, 0.717) is 12.5 Å². The van der Waals surface area contributed by atoms with Crippen molar-refractivity contribution in [2.24, 2.45) is 0 Å². The van der Waals surface area contributed by atoms with Gasteiger partial charge in [-0.3, -0.25) is 0 Å². The molecule has 0 aromatic carbocycles. The van der Waals surface area contributed by atoms with Crippen LogP contribution in [0.5, 0.6) is 0 Å². The number of piperidine rings is 1. The van der Waals surface area contributed by atoms with Crippen molar-refractivity contribution in [3.05, 3.63) is 24.2 Å². The molecule has 0 spiro atoms. The molecule has 2 aromatic rings. The average Bonchev–Trinajstić information content (AvgIpc) is 2.85. The Morgan fingerprint density at radius 2 is 2.26 bits per heavy atom. The van der Waals surface area contributed by atoms with E-state index in [9.17, 15) is 0 Å². The molecule has 0 bridgehead atoms. The van der Waals surface area contributed by atoms with E-state index in [2.05, 4.69) is 14.9 Å². The molecule has 5 heteroatoms. The van der Waals surface area contributed by atoms with Crippen molar-refractivity contribution in [1.29, 1.82) is 0 Å². The summed E-state index contributed by atoms with van der Waals surface area (Å²) in [7, 11) is 1.73. The Balaban J connectivity index is 2.00. The second-order valence-electron chi connectivity index (χ2n) is 4.98. The summed E-state index contributed by atoms with van der Waals surface area (Å²) in [4.78, 5) is 9.29. The molecule has 0 aliphatic carbocycles. The van der Waals surface area contributed by atoms with E-state index in [-0.39, 0.29) is 0 Å². The van der Waals surface area contributed by atoms with Gasteiger partial charge in [0, 0.05) is 25.8 Å². The van der Waals surface area contributed by atoms with Gasteiger partial charge >= 0.3 is 0 Å². The van der Waals surface area contributed by atoms with Crippen LogP contribution in [-0.4, -0.2) is 41.3 Å². The van der Waals surface area contributed by atoms with Gasteiger partial charge in [-0.1, -0.05) is 0 Å². The van der Waals surface area contributed by atoms with E-state index in [1.165, 1.54) is 5.82 Å².